The van der Waals surface area contributed by atoms with E-state index in [0.717, 1.165) is 5.56 Å². The number of alkyl halides is 1. The Labute approximate surface area is 109 Å². The van der Waals surface area contributed by atoms with Crippen LogP contribution in [0.15, 0.2) is 54.6 Å². The van der Waals surface area contributed by atoms with Gasteiger partial charge in [-0.1, -0.05) is 21.5 Å². The number of carbonyl (C=O) groups is 1. The average molecular weight is 307 g/mol. The molecule has 15 heavy (non-hydrogen) atoms. The molecule has 2 aromatic rings. The van der Waals surface area contributed by atoms with E-state index >= 15 is 0 Å². The van der Waals surface area contributed by atoms with Crippen LogP contribution in [0.25, 0.3) is 0 Å². The summed E-state index contributed by atoms with van der Waals surface area (Å²) in [6.45, 7) is 0. The van der Waals surface area contributed by atoms with Crippen LogP contribution >= 0.6 is 15.9 Å². The molecule has 0 unspecified atom stereocenters. The summed E-state index contributed by atoms with van der Waals surface area (Å²) in [5.74, 6) is 0.139. The molecular formula is C12H11BrFeO-6. The molecule has 2 aromatic carbocycles. The fourth-order valence-electron chi connectivity index (χ4n) is 0.958. The third kappa shape index (κ3) is 5.73. The predicted molar refractivity (Wildman–Crippen MR) is 62.2 cm³/mol. The summed E-state index contributed by atoms with van der Waals surface area (Å²) in [5.41, 5.74) is 0.784. The summed E-state index contributed by atoms with van der Waals surface area (Å²) in [6.07, 6.45) is 0. The summed E-state index contributed by atoms with van der Waals surface area (Å²) in [5, 5.41) is 0.414. The molecule has 3 heteroatoms. The van der Waals surface area contributed by atoms with Gasteiger partial charge in [0.15, 0.2) is 0 Å². The molecule has 0 atom stereocenters. The van der Waals surface area contributed by atoms with Gasteiger partial charge in [-0.3, -0.25) is 0 Å². The van der Waals surface area contributed by atoms with Crippen LogP contribution in [-0.4, -0.2) is 11.1 Å². The van der Waals surface area contributed by atoms with Crippen molar-refractivity contribution in [2.75, 3.05) is 5.33 Å². The predicted octanol–water partition coefficient (Wildman–Crippen LogP) is 3.39. The van der Waals surface area contributed by atoms with Gasteiger partial charge in [-0.2, -0.15) is 12.1 Å². The number of carbonyl (C=O) groups excluding carboxylic acids is 1. The zero-order valence-electron chi connectivity index (χ0n) is 8.04. The smallest absolute Gasteiger partial charge is 0.119 e. The van der Waals surface area contributed by atoms with Gasteiger partial charge in [0.05, 0.1) is 5.33 Å². The molecule has 0 heterocycles. The SMILES string of the molecule is O=C(CBr)[c-]1cccc1.[Fe].[cH-]1[cH-][cH-][cH-][cH-]1. The second-order valence-electron chi connectivity index (χ2n) is 2.69. The van der Waals surface area contributed by atoms with Crippen molar-refractivity contribution in [3.63, 3.8) is 0 Å². The van der Waals surface area contributed by atoms with Gasteiger partial charge in [-0.05, 0) is 0 Å². The second-order valence-corrected chi connectivity index (χ2v) is 3.25. The van der Waals surface area contributed by atoms with E-state index in [1.165, 1.54) is 0 Å². The van der Waals surface area contributed by atoms with E-state index in [0.29, 0.717) is 5.33 Å². The van der Waals surface area contributed by atoms with Crippen LogP contribution < -0.4 is 0 Å². The Kier molecular flexibility index (Phi) is 8.30. The Morgan fingerprint density at radius 1 is 1.07 bits per heavy atom. The van der Waals surface area contributed by atoms with Gasteiger partial charge in [0, 0.05) is 17.1 Å². The van der Waals surface area contributed by atoms with Crippen molar-refractivity contribution in [1.82, 2.24) is 0 Å². The van der Waals surface area contributed by atoms with Gasteiger partial charge in [-0.15, -0.1) is 0 Å². The van der Waals surface area contributed by atoms with Crippen molar-refractivity contribution in [3.8, 4) is 0 Å². The molecule has 0 spiro atoms. The summed E-state index contributed by atoms with van der Waals surface area (Å²) >= 11 is 3.09. The van der Waals surface area contributed by atoms with Crippen LogP contribution in [0, 0.1) is 0 Å². The van der Waals surface area contributed by atoms with E-state index < -0.39 is 0 Å². The maximum absolute atomic E-state index is 10.8. The summed E-state index contributed by atoms with van der Waals surface area (Å²) < 4.78 is 0. The largest absolute Gasteiger partial charge is 0.748 e. The zero-order valence-corrected chi connectivity index (χ0v) is 10.7. The maximum Gasteiger partial charge on any atom is 0.119 e. The molecule has 2 rings (SSSR count). The summed E-state index contributed by atoms with van der Waals surface area (Å²) in [4.78, 5) is 10.8. The summed E-state index contributed by atoms with van der Waals surface area (Å²) in [7, 11) is 0. The van der Waals surface area contributed by atoms with Crippen LogP contribution in [0.2, 0.25) is 0 Å². The van der Waals surface area contributed by atoms with Crippen molar-refractivity contribution >= 4 is 21.7 Å². The minimum atomic E-state index is 0. The average Bonchev–Trinajstić information content (AvgIpc) is 2.91. The monoisotopic (exact) mass is 306 g/mol. The van der Waals surface area contributed by atoms with Crippen LogP contribution in [0.3, 0.4) is 0 Å². The first-order valence-corrected chi connectivity index (χ1v) is 5.44. The first-order valence-electron chi connectivity index (χ1n) is 4.32. The van der Waals surface area contributed by atoms with Gasteiger partial charge in [0.25, 0.3) is 0 Å². The molecule has 0 aliphatic carbocycles. The van der Waals surface area contributed by atoms with E-state index in [-0.39, 0.29) is 22.9 Å². The molecule has 86 valence electrons. The standard InChI is InChI=1S/C7H6BrO.C5H5.Fe/c8-5-7(9)6-3-1-2-4-6;1-2-4-5-3-1;/h1-4H,5H2;1-5H;/q-1;-5;. The molecule has 0 radical (unpaired) electrons. The van der Waals surface area contributed by atoms with Crippen LogP contribution in [0.5, 0.6) is 0 Å². The number of hydrogen-bond donors (Lipinski definition) is 0. The van der Waals surface area contributed by atoms with E-state index in [1.807, 2.05) is 54.6 Å². The molecule has 0 aliphatic heterocycles. The quantitative estimate of drug-likeness (QED) is 0.360. The Morgan fingerprint density at radius 3 is 1.80 bits per heavy atom. The molecular weight excluding hydrogens is 296 g/mol. The minimum absolute atomic E-state index is 0. The number of halogens is 1. The van der Waals surface area contributed by atoms with Gasteiger partial charge >= 0.3 is 0 Å². The molecule has 0 amide bonds. The van der Waals surface area contributed by atoms with Crippen molar-refractivity contribution in [2.24, 2.45) is 0 Å². The third-order valence-corrected chi connectivity index (χ3v) is 2.17. The Hall–Kier alpha value is -0.631. The second kappa shape index (κ2) is 8.66. The molecule has 0 aliphatic rings. The normalized spacial score (nSPS) is 8.33. The van der Waals surface area contributed by atoms with Gasteiger partial charge < -0.3 is 35.1 Å². The minimum Gasteiger partial charge on any atom is -0.748 e. The van der Waals surface area contributed by atoms with Crippen LogP contribution in [0.1, 0.15) is 10.4 Å². The fourth-order valence-corrected chi connectivity index (χ4v) is 1.28. The van der Waals surface area contributed by atoms with Crippen molar-refractivity contribution < 1.29 is 21.9 Å². The number of ketones is 1. The number of Topliss-reactive ketones (excluding diaryl/α,β-unsaturated/α-hetero) is 1. The maximum atomic E-state index is 10.8. The van der Waals surface area contributed by atoms with E-state index in [1.54, 1.807) is 0 Å². The van der Waals surface area contributed by atoms with Crippen LogP contribution in [0.4, 0.5) is 0 Å². The number of hydrogen-bond acceptors (Lipinski definition) is 1. The van der Waals surface area contributed by atoms with Crippen LogP contribution in [-0.2, 0) is 17.1 Å². The third-order valence-electron chi connectivity index (χ3n) is 1.66. The molecule has 0 N–H and O–H groups in total. The van der Waals surface area contributed by atoms with Gasteiger partial charge in [-0.25, -0.2) is 12.1 Å². The molecule has 0 fully saturated rings. The Bertz CT molecular complexity index is 320. The molecule has 0 aromatic heterocycles. The molecule has 0 saturated heterocycles. The molecule has 1 nitrogen and oxygen atoms in total. The number of rotatable bonds is 2. The first kappa shape index (κ1) is 14.4. The first-order chi connectivity index (χ1) is 6.84. The zero-order chi connectivity index (χ0) is 10.2. The van der Waals surface area contributed by atoms with Gasteiger partial charge in [0.1, 0.15) is 5.78 Å². The van der Waals surface area contributed by atoms with Crippen molar-refractivity contribution in [2.45, 2.75) is 0 Å². The molecule has 0 bridgehead atoms. The fraction of sp³-hybridized carbons (Fsp3) is 0.0833. The van der Waals surface area contributed by atoms with Gasteiger partial charge in [0.2, 0.25) is 0 Å². The topological polar surface area (TPSA) is 17.1 Å². The summed E-state index contributed by atoms with van der Waals surface area (Å²) in [6, 6.07) is 17.3. The van der Waals surface area contributed by atoms with E-state index in [9.17, 15) is 4.79 Å². The van der Waals surface area contributed by atoms with E-state index in [2.05, 4.69) is 15.9 Å². The van der Waals surface area contributed by atoms with Crippen molar-refractivity contribution in [1.29, 1.82) is 0 Å². The van der Waals surface area contributed by atoms with E-state index in [4.69, 9.17) is 0 Å². The Morgan fingerprint density at radius 2 is 1.47 bits per heavy atom. The van der Waals surface area contributed by atoms with Crippen molar-refractivity contribution in [3.05, 3.63) is 60.2 Å². The Balaban J connectivity index is 0.000000280. The molecule has 0 saturated carbocycles.